The first-order chi connectivity index (χ1) is 8.06. The molecule has 3 N–H and O–H groups in total. The summed E-state index contributed by atoms with van der Waals surface area (Å²) in [6, 6.07) is 3.42. The van der Waals surface area contributed by atoms with Crippen molar-refractivity contribution < 1.29 is 4.42 Å². The van der Waals surface area contributed by atoms with Crippen molar-refractivity contribution in [2.24, 2.45) is 5.73 Å². The summed E-state index contributed by atoms with van der Waals surface area (Å²) < 4.78 is 5.58. The maximum atomic E-state index is 6.02. The van der Waals surface area contributed by atoms with Gasteiger partial charge in [-0.1, -0.05) is 6.42 Å². The number of hydrogen-bond acceptors (Lipinski definition) is 3. The Labute approximate surface area is 104 Å². The Hall–Kier alpha value is -0.800. The lowest BCUT2D eigenvalue weighted by Crippen LogP contribution is -2.40. The number of rotatable bonds is 3. The number of nitrogens with two attached hydrogens (primary N) is 1. The van der Waals surface area contributed by atoms with Gasteiger partial charge in [0.2, 0.25) is 0 Å². The van der Waals surface area contributed by atoms with Crippen LogP contribution in [0.25, 0.3) is 0 Å². The summed E-state index contributed by atoms with van der Waals surface area (Å²) in [7, 11) is 0. The van der Waals surface area contributed by atoms with Gasteiger partial charge in [0.25, 0.3) is 0 Å². The van der Waals surface area contributed by atoms with Crippen LogP contribution in [-0.2, 0) is 0 Å². The van der Waals surface area contributed by atoms with Crippen molar-refractivity contribution in [2.45, 2.75) is 64.6 Å². The summed E-state index contributed by atoms with van der Waals surface area (Å²) in [5, 5.41) is 3.68. The molecule has 2 rings (SSSR count). The standard InChI is InChI=1S/C14H24N2O/c1-9-7-14(11(3)17-9)10(2)16-13-6-4-5-12(15)8-13/h7,10,12-13,16H,4-6,8,15H2,1-3H3. The highest BCUT2D eigenvalue weighted by Gasteiger charge is 2.22. The molecule has 0 amide bonds. The molecule has 0 saturated heterocycles. The van der Waals surface area contributed by atoms with E-state index in [0.717, 1.165) is 17.9 Å². The number of aryl methyl sites for hydroxylation is 2. The second-order valence-corrected chi connectivity index (χ2v) is 5.38. The van der Waals surface area contributed by atoms with Crippen molar-refractivity contribution in [1.29, 1.82) is 0 Å². The summed E-state index contributed by atoms with van der Waals surface area (Å²) in [5.74, 6) is 2.02. The fourth-order valence-corrected chi connectivity index (χ4v) is 2.90. The lowest BCUT2D eigenvalue weighted by molar-refractivity contribution is 0.317. The van der Waals surface area contributed by atoms with Crippen LogP contribution < -0.4 is 11.1 Å². The Morgan fingerprint density at radius 1 is 1.41 bits per heavy atom. The van der Waals surface area contributed by atoms with Crippen molar-refractivity contribution in [2.75, 3.05) is 0 Å². The first-order valence-corrected chi connectivity index (χ1v) is 6.65. The molecular weight excluding hydrogens is 212 g/mol. The number of hydrogen-bond donors (Lipinski definition) is 2. The molecule has 17 heavy (non-hydrogen) atoms. The molecule has 3 heteroatoms. The molecule has 3 nitrogen and oxygen atoms in total. The van der Waals surface area contributed by atoms with Gasteiger partial charge in [-0.3, -0.25) is 0 Å². The van der Waals surface area contributed by atoms with Gasteiger partial charge in [0, 0.05) is 23.7 Å². The van der Waals surface area contributed by atoms with Gasteiger partial charge in [-0.25, -0.2) is 0 Å². The molecule has 0 bridgehead atoms. The molecule has 0 aromatic carbocycles. The highest BCUT2D eigenvalue weighted by Crippen LogP contribution is 2.24. The van der Waals surface area contributed by atoms with Gasteiger partial charge < -0.3 is 15.5 Å². The van der Waals surface area contributed by atoms with Gasteiger partial charge in [-0.15, -0.1) is 0 Å². The Morgan fingerprint density at radius 3 is 2.76 bits per heavy atom. The maximum absolute atomic E-state index is 6.02. The van der Waals surface area contributed by atoms with Crippen molar-refractivity contribution >= 4 is 0 Å². The normalized spacial score (nSPS) is 27.1. The highest BCUT2D eigenvalue weighted by atomic mass is 16.3. The van der Waals surface area contributed by atoms with E-state index < -0.39 is 0 Å². The van der Waals surface area contributed by atoms with Gasteiger partial charge in [0.15, 0.2) is 0 Å². The molecule has 1 heterocycles. The van der Waals surface area contributed by atoms with Crippen LogP contribution >= 0.6 is 0 Å². The van der Waals surface area contributed by atoms with Crippen LogP contribution in [0, 0.1) is 13.8 Å². The van der Waals surface area contributed by atoms with Crippen molar-refractivity contribution in [1.82, 2.24) is 5.32 Å². The van der Waals surface area contributed by atoms with E-state index in [1.165, 1.54) is 24.8 Å². The summed E-state index contributed by atoms with van der Waals surface area (Å²) in [6.07, 6.45) is 4.76. The molecule has 3 atom stereocenters. The van der Waals surface area contributed by atoms with Crippen LogP contribution in [0.3, 0.4) is 0 Å². The first kappa shape index (κ1) is 12.7. The molecule has 0 spiro atoms. The summed E-state index contributed by atoms with van der Waals surface area (Å²) in [6.45, 7) is 6.24. The van der Waals surface area contributed by atoms with Crippen molar-refractivity contribution in [3.05, 3.63) is 23.2 Å². The smallest absolute Gasteiger partial charge is 0.105 e. The largest absolute Gasteiger partial charge is 0.466 e. The molecular formula is C14H24N2O. The average Bonchev–Trinajstić information content (AvgIpc) is 2.58. The second kappa shape index (κ2) is 5.23. The minimum atomic E-state index is 0.350. The van der Waals surface area contributed by atoms with E-state index in [1.54, 1.807) is 0 Å². The Kier molecular flexibility index (Phi) is 3.89. The van der Waals surface area contributed by atoms with E-state index in [9.17, 15) is 0 Å². The van der Waals surface area contributed by atoms with Crippen LogP contribution in [0.5, 0.6) is 0 Å². The van der Waals surface area contributed by atoms with E-state index in [0.29, 0.717) is 18.1 Å². The Balaban J connectivity index is 1.96. The van der Waals surface area contributed by atoms with Crippen LogP contribution in [0.4, 0.5) is 0 Å². The molecule has 96 valence electrons. The minimum absolute atomic E-state index is 0.350. The van der Waals surface area contributed by atoms with E-state index in [-0.39, 0.29) is 0 Å². The van der Waals surface area contributed by atoms with E-state index in [4.69, 9.17) is 10.2 Å². The molecule has 1 aromatic heterocycles. The molecule has 1 aliphatic rings. The second-order valence-electron chi connectivity index (χ2n) is 5.38. The monoisotopic (exact) mass is 236 g/mol. The van der Waals surface area contributed by atoms with Crippen LogP contribution in [0.1, 0.15) is 55.7 Å². The molecule has 1 aromatic rings. The van der Waals surface area contributed by atoms with E-state index in [2.05, 4.69) is 18.3 Å². The molecule has 0 radical (unpaired) electrons. The Morgan fingerprint density at radius 2 is 2.18 bits per heavy atom. The van der Waals surface area contributed by atoms with E-state index in [1.807, 2.05) is 13.8 Å². The lowest BCUT2D eigenvalue weighted by Gasteiger charge is -2.30. The minimum Gasteiger partial charge on any atom is -0.466 e. The zero-order valence-electron chi connectivity index (χ0n) is 11.1. The third-order valence-corrected chi connectivity index (χ3v) is 3.75. The third-order valence-electron chi connectivity index (χ3n) is 3.75. The zero-order valence-corrected chi connectivity index (χ0v) is 11.1. The predicted molar refractivity (Wildman–Crippen MR) is 70.0 cm³/mol. The number of nitrogens with one attached hydrogen (secondary N) is 1. The van der Waals surface area contributed by atoms with Crippen molar-refractivity contribution in [3.63, 3.8) is 0 Å². The molecule has 1 aliphatic carbocycles. The first-order valence-electron chi connectivity index (χ1n) is 6.65. The van der Waals surface area contributed by atoms with Gasteiger partial charge in [-0.2, -0.15) is 0 Å². The average molecular weight is 236 g/mol. The Bertz CT molecular complexity index is 372. The summed E-state index contributed by atoms with van der Waals surface area (Å²) in [5.41, 5.74) is 7.29. The van der Waals surface area contributed by atoms with Crippen molar-refractivity contribution in [3.8, 4) is 0 Å². The third kappa shape index (κ3) is 3.11. The van der Waals surface area contributed by atoms with Gasteiger partial charge in [0.1, 0.15) is 11.5 Å². The summed E-state index contributed by atoms with van der Waals surface area (Å²) >= 11 is 0. The molecule has 0 aliphatic heterocycles. The molecule has 1 fully saturated rings. The predicted octanol–water partition coefficient (Wildman–Crippen LogP) is 2.82. The van der Waals surface area contributed by atoms with Crippen LogP contribution in [0.2, 0.25) is 0 Å². The lowest BCUT2D eigenvalue weighted by atomic mass is 9.91. The van der Waals surface area contributed by atoms with Crippen LogP contribution in [0.15, 0.2) is 10.5 Å². The van der Waals surface area contributed by atoms with Crippen LogP contribution in [-0.4, -0.2) is 12.1 Å². The topological polar surface area (TPSA) is 51.2 Å². The fourth-order valence-electron chi connectivity index (χ4n) is 2.90. The maximum Gasteiger partial charge on any atom is 0.105 e. The quantitative estimate of drug-likeness (QED) is 0.848. The zero-order chi connectivity index (χ0) is 12.4. The van der Waals surface area contributed by atoms with Gasteiger partial charge in [0.05, 0.1) is 0 Å². The van der Waals surface area contributed by atoms with E-state index >= 15 is 0 Å². The highest BCUT2D eigenvalue weighted by molar-refractivity contribution is 5.23. The molecule has 3 unspecified atom stereocenters. The summed E-state index contributed by atoms with van der Waals surface area (Å²) in [4.78, 5) is 0. The fraction of sp³-hybridized carbons (Fsp3) is 0.714. The van der Waals surface area contributed by atoms with Gasteiger partial charge in [-0.05, 0) is 46.1 Å². The SMILES string of the molecule is Cc1cc(C(C)NC2CCCC(N)C2)c(C)o1. The van der Waals surface area contributed by atoms with Gasteiger partial charge >= 0.3 is 0 Å². The molecule has 1 saturated carbocycles. The number of furan rings is 1.